The molecule has 1 aromatic rings. The molecule has 0 radical (unpaired) electrons. The average Bonchev–Trinajstić information content (AvgIpc) is 2.35. The van der Waals surface area contributed by atoms with E-state index in [-0.39, 0.29) is 5.60 Å². The van der Waals surface area contributed by atoms with Crippen LogP contribution in [0.2, 0.25) is 0 Å². The summed E-state index contributed by atoms with van der Waals surface area (Å²) in [5.41, 5.74) is 6.99. The number of ether oxygens (including phenoxy) is 1. The Kier molecular flexibility index (Phi) is 4.47. The number of benzene rings is 1. The molecule has 0 fully saturated rings. The summed E-state index contributed by atoms with van der Waals surface area (Å²) in [4.78, 5) is 0. The van der Waals surface area contributed by atoms with E-state index in [4.69, 9.17) is 4.74 Å². The van der Waals surface area contributed by atoms with E-state index in [2.05, 4.69) is 41.5 Å². The van der Waals surface area contributed by atoms with Crippen LogP contribution in [0.1, 0.15) is 61.9 Å². The van der Waals surface area contributed by atoms with Crippen LogP contribution in [0.3, 0.4) is 0 Å². The third-order valence-corrected chi connectivity index (χ3v) is 4.11. The molecule has 0 N–H and O–H groups in total. The number of hydrogen-bond donors (Lipinski definition) is 0. The lowest BCUT2D eigenvalue weighted by Gasteiger charge is -2.35. The Morgan fingerprint density at radius 1 is 0.833 bits per heavy atom. The van der Waals surface area contributed by atoms with Crippen molar-refractivity contribution in [3.05, 3.63) is 27.8 Å². The topological polar surface area (TPSA) is 9.23 Å². The van der Waals surface area contributed by atoms with Crippen molar-refractivity contribution >= 4 is 0 Å². The molecular weight excluding hydrogens is 220 g/mol. The molecule has 2 rings (SSSR count). The van der Waals surface area contributed by atoms with Crippen LogP contribution < -0.4 is 4.74 Å². The molecule has 1 aromatic carbocycles. The normalized spacial score (nSPS) is 16.2. The third kappa shape index (κ3) is 2.55. The molecular formula is C17H28O. The fraction of sp³-hybridized carbons (Fsp3) is 0.647. The highest BCUT2D eigenvalue weighted by atomic mass is 16.5. The summed E-state index contributed by atoms with van der Waals surface area (Å²) < 4.78 is 6.17. The molecule has 0 saturated heterocycles. The van der Waals surface area contributed by atoms with Gasteiger partial charge < -0.3 is 4.74 Å². The molecule has 0 bridgehead atoms. The Hall–Kier alpha value is -0.980. The van der Waals surface area contributed by atoms with Gasteiger partial charge in [0.15, 0.2) is 0 Å². The lowest BCUT2D eigenvalue weighted by atomic mass is 9.86. The molecule has 1 aliphatic rings. The zero-order chi connectivity index (χ0) is 14.1. The molecule has 0 atom stereocenters. The van der Waals surface area contributed by atoms with Crippen LogP contribution in [-0.4, -0.2) is 5.60 Å². The van der Waals surface area contributed by atoms with Crippen molar-refractivity contribution < 1.29 is 4.74 Å². The summed E-state index contributed by atoms with van der Waals surface area (Å²) in [5.74, 6) is 1.15. The fourth-order valence-electron chi connectivity index (χ4n) is 2.55. The Morgan fingerprint density at radius 3 is 1.89 bits per heavy atom. The van der Waals surface area contributed by atoms with Gasteiger partial charge in [0, 0.05) is 0 Å². The molecule has 1 aliphatic heterocycles. The molecule has 0 aliphatic carbocycles. The van der Waals surface area contributed by atoms with Crippen molar-refractivity contribution in [3.63, 3.8) is 0 Å². The van der Waals surface area contributed by atoms with E-state index in [1.165, 1.54) is 27.8 Å². The summed E-state index contributed by atoms with van der Waals surface area (Å²) in [7, 11) is 0. The van der Waals surface area contributed by atoms with Gasteiger partial charge in [-0.05, 0) is 82.2 Å². The van der Waals surface area contributed by atoms with Gasteiger partial charge in [-0.3, -0.25) is 0 Å². The lowest BCUT2D eigenvalue weighted by Crippen LogP contribution is -2.33. The second-order valence-electron chi connectivity index (χ2n) is 5.67. The zero-order valence-corrected chi connectivity index (χ0v) is 13.3. The lowest BCUT2D eigenvalue weighted by molar-refractivity contribution is 0.0833. The number of rotatable bonds is 0. The van der Waals surface area contributed by atoms with E-state index >= 15 is 0 Å². The summed E-state index contributed by atoms with van der Waals surface area (Å²) in [6, 6.07) is 0. The van der Waals surface area contributed by atoms with Crippen molar-refractivity contribution in [2.24, 2.45) is 0 Å². The summed E-state index contributed by atoms with van der Waals surface area (Å²) >= 11 is 0. The predicted octanol–water partition coefficient (Wildman–Crippen LogP) is 5.05. The van der Waals surface area contributed by atoms with Crippen LogP contribution >= 0.6 is 0 Å². The monoisotopic (exact) mass is 248 g/mol. The van der Waals surface area contributed by atoms with E-state index < -0.39 is 0 Å². The number of hydrogen-bond acceptors (Lipinski definition) is 1. The van der Waals surface area contributed by atoms with Gasteiger partial charge in [-0.2, -0.15) is 0 Å². The molecule has 0 spiro atoms. The SMILES string of the molecule is CC.Cc1c(C)c(C)c2c(c1C)CCC(C)(C)O2. The molecule has 0 amide bonds. The molecule has 0 unspecified atom stereocenters. The van der Waals surface area contributed by atoms with Gasteiger partial charge in [0.25, 0.3) is 0 Å². The van der Waals surface area contributed by atoms with Gasteiger partial charge in [0.1, 0.15) is 11.4 Å². The Balaban J connectivity index is 0.000000771. The van der Waals surface area contributed by atoms with Crippen molar-refractivity contribution in [2.75, 3.05) is 0 Å². The minimum Gasteiger partial charge on any atom is -0.487 e. The fourth-order valence-corrected chi connectivity index (χ4v) is 2.55. The van der Waals surface area contributed by atoms with Crippen LogP contribution in [0.25, 0.3) is 0 Å². The first-order valence-corrected chi connectivity index (χ1v) is 7.12. The third-order valence-electron chi connectivity index (χ3n) is 4.11. The van der Waals surface area contributed by atoms with Gasteiger partial charge in [-0.1, -0.05) is 13.8 Å². The first kappa shape index (κ1) is 15.1. The predicted molar refractivity (Wildman–Crippen MR) is 79.8 cm³/mol. The van der Waals surface area contributed by atoms with E-state index in [0.29, 0.717) is 0 Å². The standard InChI is InChI=1S/C15H22O.C2H6/c1-9-10(2)12(4)14-13(11(9)3)7-8-15(5,6)16-14;1-2/h7-8H2,1-6H3;1-2H3. The first-order valence-electron chi connectivity index (χ1n) is 7.12. The Labute approximate surface area is 113 Å². The Bertz CT molecular complexity index is 442. The van der Waals surface area contributed by atoms with Gasteiger partial charge in [-0.15, -0.1) is 0 Å². The molecule has 1 nitrogen and oxygen atoms in total. The van der Waals surface area contributed by atoms with Gasteiger partial charge in [-0.25, -0.2) is 0 Å². The average molecular weight is 248 g/mol. The minimum absolute atomic E-state index is 0.00804. The number of fused-ring (bicyclic) bond motifs is 1. The second-order valence-corrected chi connectivity index (χ2v) is 5.67. The van der Waals surface area contributed by atoms with Crippen molar-refractivity contribution in [2.45, 2.75) is 73.8 Å². The van der Waals surface area contributed by atoms with Gasteiger partial charge >= 0.3 is 0 Å². The molecule has 102 valence electrons. The van der Waals surface area contributed by atoms with Crippen molar-refractivity contribution in [1.29, 1.82) is 0 Å². The largest absolute Gasteiger partial charge is 0.487 e. The van der Waals surface area contributed by atoms with Gasteiger partial charge in [0.2, 0.25) is 0 Å². The highest BCUT2D eigenvalue weighted by Crippen LogP contribution is 2.40. The first-order chi connectivity index (χ1) is 8.33. The maximum absolute atomic E-state index is 6.17. The molecule has 0 saturated carbocycles. The highest BCUT2D eigenvalue weighted by molar-refractivity contribution is 5.55. The van der Waals surface area contributed by atoms with Crippen molar-refractivity contribution in [1.82, 2.24) is 0 Å². The molecule has 18 heavy (non-hydrogen) atoms. The van der Waals surface area contributed by atoms with Gasteiger partial charge in [0.05, 0.1) is 0 Å². The second kappa shape index (κ2) is 5.34. The summed E-state index contributed by atoms with van der Waals surface area (Å²) in [6.45, 7) is 17.2. The quantitative estimate of drug-likeness (QED) is 0.624. The van der Waals surface area contributed by atoms with E-state index in [1.54, 1.807) is 0 Å². The molecule has 0 aromatic heterocycles. The van der Waals surface area contributed by atoms with E-state index in [9.17, 15) is 0 Å². The van der Waals surface area contributed by atoms with Crippen LogP contribution in [0, 0.1) is 27.7 Å². The summed E-state index contributed by atoms with van der Waals surface area (Å²) in [6.07, 6.45) is 2.26. The molecule has 1 heteroatoms. The smallest absolute Gasteiger partial charge is 0.126 e. The Morgan fingerprint density at radius 2 is 1.33 bits per heavy atom. The van der Waals surface area contributed by atoms with Crippen LogP contribution in [-0.2, 0) is 6.42 Å². The van der Waals surface area contributed by atoms with Crippen LogP contribution in [0.5, 0.6) is 5.75 Å². The maximum atomic E-state index is 6.17. The zero-order valence-electron chi connectivity index (χ0n) is 13.3. The maximum Gasteiger partial charge on any atom is 0.126 e. The minimum atomic E-state index is -0.00804. The van der Waals surface area contributed by atoms with Crippen LogP contribution in [0.15, 0.2) is 0 Å². The van der Waals surface area contributed by atoms with Crippen LogP contribution in [0.4, 0.5) is 0 Å². The summed E-state index contributed by atoms with van der Waals surface area (Å²) in [5, 5.41) is 0. The highest BCUT2D eigenvalue weighted by Gasteiger charge is 2.29. The van der Waals surface area contributed by atoms with Crippen molar-refractivity contribution in [3.8, 4) is 5.75 Å². The molecule has 1 heterocycles. The van der Waals surface area contributed by atoms with E-state index in [0.717, 1.165) is 18.6 Å². The van der Waals surface area contributed by atoms with E-state index in [1.807, 2.05) is 13.8 Å².